The molecule has 0 saturated carbocycles. The Bertz CT molecular complexity index is 1960. The van der Waals surface area contributed by atoms with Gasteiger partial charge < -0.3 is 35.5 Å². The number of anilines is 1. The molecule has 250 valence electrons. The normalized spacial score (nSPS) is 18.9. The van der Waals surface area contributed by atoms with Crippen LogP contribution in [0.15, 0.2) is 47.0 Å². The van der Waals surface area contributed by atoms with E-state index >= 15 is 0 Å². The Morgan fingerprint density at radius 1 is 1.36 bits per heavy atom. The highest BCUT2D eigenvalue weighted by Crippen LogP contribution is 2.40. The predicted molar refractivity (Wildman–Crippen MR) is 167 cm³/mol. The van der Waals surface area contributed by atoms with E-state index in [4.69, 9.17) is 32.4 Å². The summed E-state index contributed by atoms with van der Waals surface area (Å²) in [6, 6.07) is 4.16. The Hall–Kier alpha value is -4.28. The Morgan fingerprint density at radius 3 is 2.74 bits per heavy atom. The molecule has 2 amide bonds. The number of nitrogens with one attached hydrogen (secondary N) is 2. The van der Waals surface area contributed by atoms with Crippen LogP contribution in [0.4, 0.5) is 5.13 Å². The number of carbonyl (C=O) groups excluding carboxylic acids is 3. The number of β-lactam (4-membered cyclic amide) rings is 1. The zero-order valence-corrected chi connectivity index (χ0v) is 27.4. The van der Waals surface area contributed by atoms with E-state index in [0.717, 1.165) is 21.8 Å². The first-order chi connectivity index (χ1) is 22.2. The van der Waals surface area contributed by atoms with Crippen molar-refractivity contribution in [2.45, 2.75) is 37.5 Å². The van der Waals surface area contributed by atoms with Crippen molar-refractivity contribution in [1.29, 1.82) is 0 Å². The van der Waals surface area contributed by atoms with Gasteiger partial charge in [-0.25, -0.2) is 19.6 Å². The number of thiazole rings is 1. The number of hydrogen-bond donors (Lipinski definition) is 5. The van der Waals surface area contributed by atoms with Crippen molar-refractivity contribution in [3.05, 3.63) is 51.9 Å². The molecule has 0 spiro atoms. The average molecular weight is 728 g/mol. The Kier molecular flexibility index (Phi) is 9.75. The molecule has 0 radical (unpaired) electrons. The van der Waals surface area contributed by atoms with Gasteiger partial charge in [0.15, 0.2) is 23.6 Å². The van der Waals surface area contributed by atoms with Crippen LogP contribution >= 0.6 is 34.7 Å². The van der Waals surface area contributed by atoms with Crippen LogP contribution in [-0.2, 0) is 47.3 Å². The predicted octanol–water partition coefficient (Wildman–Crippen LogP) is -2.29. The van der Waals surface area contributed by atoms with Crippen molar-refractivity contribution in [3.8, 4) is 0 Å². The summed E-state index contributed by atoms with van der Waals surface area (Å²) in [5.74, 6) is -4.48. The van der Waals surface area contributed by atoms with Crippen LogP contribution in [0.3, 0.4) is 0 Å². The lowest BCUT2D eigenvalue weighted by Crippen LogP contribution is -2.71. The molecule has 0 aliphatic carbocycles. The van der Waals surface area contributed by atoms with Gasteiger partial charge in [0.2, 0.25) is 11.6 Å². The molecule has 0 bridgehead atoms. The molecule has 7 N–H and O–H groups in total. The number of pyridine rings is 1. The molecule has 18 nitrogen and oxygen atoms in total. The number of carboxylic acid groups (broad SMARTS) is 2. The standard InChI is InChI=1S/C25H26ClN9O9S3/c1-11(23(38)39)44-32-16(15-19(26)46-25(27)31-15)20(36)30-17-21(37)35-18(24(40)41)12(10-45-22(17)35)9-34-6-2-3-13-14(34)4-7-33(13)8-5-29-47(28,42)43/h2-4,6-7,11,17,22,29H,5,8-10H2,1H3,(H6-,27,28,30,31,36,38,39,40,41,42,43)/b32-16-/t11-,17+,22+/m0/s1. The second-order valence-corrected chi connectivity index (χ2v) is 14.3. The third-order valence-corrected chi connectivity index (χ3v) is 10.1. The number of oxime groups is 1. The quantitative estimate of drug-likeness (QED) is 0.0539. The Balaban J connectivity index is 1.36. The summed E-state index contributed by atoms with van der Waals surface area (Å²) < 4.78 is 28.2. The molecule has 1 fully saturated rings. The topological polar surface area (TPSA) is 268 Å². The van der Waals surface area contributed by atoms with Gasteiger partial charge in [0.25, 0.3) is 22.0 Å². The molecule has 22 heteroatoms. The lowest BCUT2D eigenvalue weighted by molar-refractivity contribution is -0.663. The summed E-state index contributed by atoms with van der Waals surface area (Å²) in [4.78, 5) is 60.1. The van der Waals surface area contributed by atoms with Gasteiger partial charge in [0.1, 0.15) is 27.0 Å². The van der Waals surface area contributed by atoms with E-state index in [1.165, 1.54) is 18.7 Å². The highest BCUT2D eigenvalue weighted by molar-refractivity contribution is 8.00. The highest BCUT2D eigenvalue weighted by atomic mass is 35.5. The van der Waals surface area contributed by atoms with E-state index in [-0.39, 0.29) is 46.2 Å². The van der Waals surface area contributed by atoms with Gasteiger partial charge in [0, 0.05) is 42.7 Å². The first kappa shape index (κ1) is 34.1. The average Bonchev–Trinajstić information content (AvgIpc) is 3.56. The zero-order valence-electron chi connectivity index (χ0n) is 24.2. The van der Waals surface area contributed by atoms with Gasteiger partial charge in [-0.1, -0.05) is 28.1 Å². The summed E-state index contributed by atoms with van der Waals surface area (Å²) in [6.07, 6.45) is 2.04. The Labute approximate surface area is 279 Å². The Morgan fingerprint density at radius 2 is 2.11 bits per heavy atom. The molecule has 5 heterocycles. The van der Waals surface area contributed by atoms with E-state index in [0.29, 0.717) is 11.1 Å². The molecule has 1 saturated heterocycles. The number of nitrogen functional groups attached to an aromatic ring is 1. The molecule has 3 atom stereocenters. The number of aliphatic carboxylic acids is 2. The monoisotopic (exact) mass is 727 g/mol. The number of hydrogen-bond acceptors (Lipinski definition) is 13. The summed E-state index contributed by atoms with van der Waals surface area (Å²) in [5.41, 5.74) is 6.48. The van der Waals surface area contributed by atoms with Crippen LogP contribution in [-0.4, -0.2) is 87.3 Å². The van der Waals surface area contributed by atoms with Crippen LogP contribution in [0.5, 0.6) is 0 Å². The molecule has 5 rings (SSSR count). The van der Waals surface area contributed by atoms with Crippen molar-refractivity contribution >= 4 is 90.5 Å². The maximum absolute atomic E-state index is 13.3. The fourth-order valence-electron chi connectivity index (χ4n) is 4.90. The number of nitrogens with two attached hydrogens (primary N) is 2. The maximum atomic E-state index is 13.3. The highest BCUT2D eigenvalue weighted by Gasteiger charge is 2.53. The number of amides is 2. The molecule has 0 unspecified atom stereocenters. The second-order valence-electron chi connectivity index (χ2n) is 10.2. The molecule has 3 aromatic rings. The summed E-state index contributed by atoms with van der Waals surface area (Å²) in [5, 5.41) is 31.8. The van der Waals surface area contributed by atoms with E-state index in [1.54, 1.807) is 33.7 Å². The van der Waals surface area contributed by atoms with Crippen molar-refractivity contribution in [2.24, 2.45) is 10.3 Å². The van der Waals surface area contributed by atoms with E-state index in [9.17, 15) is 32.7 Å². The smallest absolute Gasteiger partial charge is 0.347 e. The first-order valence-electron chi connectivity index (χ1n) is 13.5. The third kappa shape index (κ3) is 7.18. The van der Waals surface area contributed by atoms with E-state index < -0.39 is 57.2 Å². The van der Waals surface area contributed by atoms with E-state index in [2.05, 4.69) is 20.2 Å². The molecule has 2 aliphatic heterocycles. The molecular formula is C25H26ClN9O9S3. The summed E-state index contributed by atoms with van der Waals surface area (Å²) in [7, 11) is -3.86. The minimum Gasteiger partial charge on any atom is -0.543 e. The zero-order chi connectivity index (χ0) is 34.2. The fourth-order valence-corrected chi connectivity index (χ4v) is 7.54. The number of fused-ring (bicyclic) bond motifs is 2. The van der Waals surface area contributed by atoms with Gasteiger partial charge in [-0.2, -0.15) is 13.0 Å². The van der Waals surface area contributed by atoms with Crippen molar-refractivity contribution < 1.29 is 47.2 Å². The number of aromatic nitrogens is 3. The van der Waals surface area contributed by atoms with Gasteiger partial charge in [0.05, 0.1) is 11.7 Å². The number of thioether (sulfide) groups is 1. The fraction of sp³-hybridized carbons (Fsp3) is 0.320. The van der Waals surface area contributed by atoms with Gasteiger partial charge >= 0.3 is 5.97 Å². The van der Waals surface area contributed by atoms with Crippen LogP contribution in [0.1, 0.15) is 12.6 Å². The third-order valence-electron chi connectivity index (χ3n) is 7.05. The van der Waals surface area contributed by atoms with Crippen LogP contribution in [0, 0.1) is 0 Å². The van der Waals surface area contributed by atoms with Crippen molar-refractivity contribution in [2.75, 3.05) is 18.0 Å². The molecule has 47 heavy (non-hydrogen) atoms. The SMILES string of the molecule is C[C@H](O/N=C(\C(=O)N[C@@H]1C(=O)N2C(C(=O)[O-])=C(C[n+]3cccc4c3ccn4CCNS(N)(=O)=O)CS[C@H]12)c1nc(N)sc1Cl)C(=O)O. The number of carboxylic acids is 2. The largest absolute Gasteiger partial charge is 0.543 e. The van der Waals surface area contributed by atoms with Crippen molar-refractivity contribution in [1.82, 2.24) is 24.5 Å². The lowest BCUT2D eigenvalue weighted by Gasteiger charge is -2.50. The number of rotatable bonds is 13. The van der Waals surface area contributed by atoms with Gasteiger partial charge in [-0.05, 0) is 13.0 Å². The summed E-state index contributed by atoms with van der Waals surface area (Å²) >= 11 is 8.20. The van der Waals surface area contributed by atoms with Crippen LogP contribution in [0.25, 0.3) is 11.0 Å². The van der Waals surface area contributed by atoms with Gasteiger partial charge in [-0.3, -0.25) is 14.5 Å². The number of nitrogens with zero attached hydrogens (tertiary/aromatic N) is 5. The summed E-state index contributed by atoms with van der Waals surface area (Å²) in [6.45, 7) is 1.60. The van der Waals surface area contributed by atoms with Crippen LogP contribution < -0.4 is 30.6 Å². The molecule has 0 aromatic carbocycles. The minimum absolute atomic E-state index is 0.00837. The molecule has 3 aromatic heterocycles. The minimum atomic E-state index is -3.86. The van der Waals surface area contributed by atoms with Crippen molar-refractivity contribution in [3.63, 3.8) is 0 Å². The number of carbonyl (C=O) groups is 4. The van der Waals surface area contributed by atoms with Crippen LogP contribution in [0.2, 0.25) is 4.34 Å². The molecular weight excluding hydrogens is 702 g/mol. The second kappa shape index (κ2) is 13.4. The molecule has 2 aliphatic rings. The lowest BCUT2D eigenvalue weighted by atomic mass is 10.0. The first-order valence-corrected chi connectivity index (χ1v) is 17.3. The maximum Gasteiger partial charge on any atom is 0.347 e. The van der Waals surface area contributed by atoms with Gasteiger partial charge in [-0.15, -0.1) is 11.8 Å². The van der Waals surface area contributed by atoms with E-state index in [1.807, 2.05) is 6.07 Å². The number of halogens is 1.